The van der Waals surface area contributed by atoms with Crippen molar-refractivity contribution in [2.75, 3.05) is 18.5 Å². The zero-order chi connectivity index (χ0) is 11.6. The molecule has 4 nitrogen and oxygen atoms in total. The molecule has 0 radical (unpaired) electrons. The highest BCUT2D eigenvalue weighted by Gasteiger charge is 2.32. The molecule has 0 bridgehead atoms. The monoisotopic (exact) mass is 225 g/mol. The SMILES string of the molecule is CN(CC1(O)CCCC1)c1ncc(F)cn1. The van der Waals surface area contributed by atoms with E-state index in [2.05, 4.69) is 9.97 Å². The van der Waals surface area contributed by atoms with Crippen LogP contribution >= 0.6 is 0 Å². The summed E-state index contributed by atoms with van der Waals surface area (Å²) in [6.07, 6.45) is 6.04. The molecular weight excluding hydrogens is 209 g/mol. The average Bonchev–Trinajstić information content (AvgIpc) is 2.65. The van der Waals surface area contributed by atoms with Gasteiger partial charge in [0.1, 0.15) is 0 Å². The van der Waals surface area contributed by atoms with E-state index in [4.69, 9.17) is 0 Å². The molecule has 0 amide bonds. The number of aromatic nitrogens is 2. The van der Waals surface area contributed by atoms with Crippen molar-refractivity contribution in [3.8, 4) is 0 Å². The molecule has 5 heteroatoms. The van der Waals surface area contributed by atoms with Crippen molar-refractivity contribution in [2.45, 2.75) is 31.3 Å². The highest BCUT2D eigenvalue weighted by molar-refractivity contribution is 5.27. The second-order valence-corrected chi connectivity index (χ2v) is 4.49. The summed E-state index contributed by atoms with van der Waals surface area (Å²) in [4.78, 5) is 9.53. The van der Waals surface area contributed by atoms with Crippen molar-refractivity contribution in [1.82, 2.24) is 9.97 Å². The van der Waals surface area contributed by atoms with Gasteiger partial charge in [-0.1, -0.05) is 12.8 Å². The minimum Gasteiger partial charge on any atom is -0.388 e. The number of likely N-dealkylation sites (N-methyl/N-ethyl adjacent to an activating group) is 1. The maximum Gasteiger partial charge on any atom is 0.225 e. The van der Waals surface area contributed by atoms with Crippen LogP contribution in [0.3, 0.4) is 0 Å². The fourth-order valence-electron chi connectivity index (χ4n) is 2.21. The predicted octanol–water partition coefficient (Wildman–Crippen LogP) is 1.36. The molecular formula is C11H16FN3O. The molecule has 1 fully saturated rings. The minimum atomic E-state index is -0.632. The van der Waals surface area contributed by atoms with Gasteiger partial charge in [0.05, 0.1) is 18.0 Å². The van der Waals surface area contributed by atoms with E-state index >= 15 is 0 Å². The Labute approximate surface area is 94.1 Å². The standard InChI is InChI=1S/C11H16FN3O/c1-15(8-11(16)4-2-3-5-11)10-13-6-9(12)7-14-10/h6-7,16H,2-5,8H2,1H3. The third-order valence-corrected chi connectivity index (χ3v) is 3.01. The van der Waals surface area contributed by atoms with Crippen LogP contribution in [0.1, 0.15) is 25.7 Å². The van der Waals surface area contributed by atoms with E-state index in [0.717, 1.165) is 38.1 Å². The summed E-state index contributed by atoms with van der Waals surface area (Å²) in [5.74, 6) is -0.00143. The summed E-state index contributed by atoms with van der Waals surface area (Å²) < 4.78 is 12.6. The molecule has 0 saturated heterocycles. The smallest absolute Gasteiger partial charge is 0.225 e. The van der Waals surface area contributed by atoms with Gasteiger partial charge in [0.2, 0.25) is 5.95 Å². The van der Waals surface area contributed by atoms with Crippen LogP contribution in [0.4, 0.5) is 10.3 Å². The van der Waals surface area contributed by atoms with Crippen molar-refractivity contribution < 1.29 is 9.50 Å². The van der Waals surface area contributed by atoms with Gasteiger partial charge in [-0.2, -0.15) is 0 Å². The number of aliphatic hydroxyl groups is 1. The molecule has 1 heterocycles. The summed E-state index contributed by atoms with van der Waals surface area (Å²) in [5.41, 5.74) is -0.632. The first kappa shape index (κ1) is 11.3. The summed E-state index contributed by atoms with van der Waals surface area (Å²) >= 11 is 0. The van der Waals surface area contributed by atoms with Crippen molar-refractivity contribution in [3.05, 3.63) is 18.2 Å². The third-order valence-electron chi connectivity index (χ3n) is 3.01. The van der Waals surface area contributed by atoms with Crippen molar-refractivity contribution in [1.29, 1.82) is 0 Å². The molecule has 0 unspecified atom stereocenters. The molecule has 1 aromatic heterocycles. The lowest BCUT2D eigenvalue weighted by Gasteiger charge is -2.28. The molecule has 1 N–H and O–H groups in total. The summed E-state index contributed by atoms with van der Waals surface area (Å²) in [7, 11) is 1.81. The van der Waals surface area contributed by atoms with Gasteiger partial charge in [-0.15, -0.1) is 0 Å². The molecule has 1 aliphatic carbocycles. The fourth-order valence-corrected chi connectivity index (χ4v) is 2.21. The maximum absolute atomic E-state index is 12.6. The highest BCUT2D eigenvalue weighted by atomic mass is 19.1. The zero-order valence-electron chi connectivity index (χ0n) is 9.36. The van der Waals surface area contributed by atoms with Gasteiger partial charge < -0.3 is 10.0 Å². The Hall–Kier alpha value is -1.23. The van der Waals surface area contributed by atoms with E-state index in [1.54, 1.807) is 4.90 Å². The lowest BCUT2D eigenvalue weighted by atomic mass is 10.0. The first-order chi connectivity index (χ1) is 7.59. The molecule has 0 spiro atoms. The van der Waals surface area contributed by atoms with E-state index in [9.17, 15) is 9.50 Å². The van der Waals surface area contributed by atoms with Crippen LogP contribution in [0.15, 0.2) is 12.4 Å². The Morgan fingerprint density at radius 1 is 1.38 bits per heavy atom. The first-order valence-corrected chi connectivity index (χ1v) is 5.50. The van der Waals surface area contributed by atoms with E-state index in [0.29, 0.717) is 12.5 Å². The Morgan fingerprint density at radius 3 is 2.50 bits per heavy atom. The normalized spacial score (nSPS) is 18.7. The molecule has 1 aromatic rings. The quantitative estimate of drug-likeness (QED) is 0.843. The van der Waals surface area contributed by atoms with Gasteiger partial charge in [-0.25, -0.2) is 14.4 Å². The second-order valence-electron chi connectivity index (χ2n) is 4.49. The average molecular weight is 225 g/mol. The molecule has 0 atom stereocenters. The Morgan fingerprint density at radius 2 is 1.94 bits per heavy atom. The Kier molecular flexibility index (Phi) is 3.05. The molecule has 16 heavy (non-hydrogen) atoms. The van der Waals surface area contributed by atoms with Crippen LogP contribution in [-0.2, 0) is 0 Å². The second kappa shape index (κ2) is 4.33. The van der Waals surface area contributed by atoms with Crippen LogP contribution in [0.2, 0.25) is 0 Å². The Balaban J connectivity index is 2.02. The first-order valence-electron chi connectivity index (χ1n) is 5.50. The largest absolute Gasteiger partial charge is 0.388 e. The molecule has 0 aliphatic heterocycles. The van der Waals surface area contributed by atoms with E-state index in [-0.39, 0.29) is 0 Å². The summed E-state index contributed by atoms with van der Waals surface area (Å²) in [6, 6.07) is 0. The van der Waals surface area contributed by atoms with Gasteiger partial charge in [-0.05, 0) is 12.8 Å². The summed E-state index contributed by atoms with van der Waals surface area (Å²) in [5, 5.41) is 10.2. The summed E-state index contributed by atoms with van der Waals surface area (Å²) in [6.45, 7) is 0.499. The Bertz CT molecular complexity index is 349. The van der Waals surface area contributed by atoms with E-state index in [1.165, 1.54) is 0 Å². The van der Waals surface area contributed by atoms with Crippen LogP contribution in [-0.4, -0.2) is 34.3 Å². The van der Waals surface area contributed by atoms with Gasteiger partial charge in [0.15, 0.2) is 5.82 Å². The van der Waals surface area contributed by atoms with E-state index < -0.39 is 11.4 Å². The molecule has 2 rings (SSSR count). The number of anilines is 1. The van der Waals surface area contributed by atoms with E-state index in [1.807, 2.05) is 7.05 Å². The topological polar surface area (TPSA) is 49.2 Å². The van der Waals surface area contributed by atoms with Crippen molar-refractivity contribution in [2.24, 2.45) is 0 Å². The molecule has 0 aromatic carbocycles. The van der Waals surface area contributed by atoms with Gasteiger partial charge >= 0.3 is 0 Å². The third kappa shape index (κ3) is 2.47. The lowest BCUT2D eigenvalue weighted by molar-refractivity contribution is 0.0556. The van der Waals surface area contributed by atoms with Crippen LogP contribution < -0.4 is 4.90 Å². The molecule has 1 aliphatic rings. The maximum atomic E-state index is 12.6. The van der Waals surface area contributed by atoms with Crippen molar-refractivity contribution >= 4 is 5.95 Å². The zero-order valence-corrected chi connectivity index (χ0v) is 9.36. The van der Waals surface area contributed by atoms with Gasteiger partial charge in [-0.3, -0.25) is 0 Å². The van der Waals surface area contributed by atoms with Crippen molar-refractivity contribution in [3.63, 3.8) is 0 Å². The van der Waals surface area contributed by atoms with Crippen LogP contribution in [0.25, 0.3) is 0 Å². The van der Waals surface area contributed by atoms with Crippen LogP contribution in [0.5, 0.6) is 0 Å². The number of nitrogens with zero attached hydrogens (tertiary/aromatic N) is 3. The highest BCUT2D eigenvalue weighted by Crippen LogP contribution is 2.30. The number of hydrogen-bond donors (Lipinski definition) is 1. The fraction of sp³-hybridized carbons (Fsp3) is 0.636. The minimum absolute atomic E-state index is 0.446. The van der Waals surface area contributed by atoms with Gasteiger partial charge in [0.25, 0.3) is 0 Å². The number of rotatable bonds is 3. The molecule has 88 valence electrons. The van der Waals surface area contributed by atoms with Crippen LogP contribution in [0, 0.1) is 5.82 Å². The van der Waals surface area contributed by atoms with Gasteiger partial charge in [0, 0.05) is 13.6 Å². The molecule has 1 saturated carbocycles. The number of halogens is 1. The number of hydrogen-bond acceptors (Lipinski definition) is 4. The lowest BCUT2D eigenvalue weighted by Crippen LogP contribution is -2.39. The predicted molar refractivity (Wildman–Crippen MR) is 58.7 cm³/mol.